The largest absolute Gasteiger partial charge is 0.456 e. The van der Waals surface area contributed by atoms with Gasteiger partial charge in [0.15, 0.2) is 0 Å². The van der Waals surface area contributed by atoms with Crippen LogP contribution in [0.5, 0.6) is 0 Å². The van der Waals surface area contributed by atoms with Gasteiger partial charge in [-0.1, -0.05) is 12.8 Å². The van der Waals surface area contributed by atoms with Crippen molar-refractivity contribution in [2.75, 3.05) is 0 Å². The average molecular weight is 343 g/mol. The molecular formula is C19H21NO5. The first-order valence-corrected chi connectivity index (χ1v) is 9.14. The van der Waals surface area contributed by atoms with Crippen LogP contribution in [-0.2, 0) is 9.47 Å². The quantitative estimate of drug-likeness (QED) is 0.476. The Morgan fingerprint density at radius 1 is 1.16 bits per heavy atom. The smallest absolute Gasteiger partial charge is 0.338 e. The van der Waals surface area contributed by atoms with E-state index in [0.29, 0.717) is 22.5 Å². The monoisotopic (exact) mass is 343 g/mol. The first kappa shape index (κ1) is 15.3. The molecule has 6 nitrogen and oxygen atoms in total. The number of hydrogen-bond acceptors (Lipinski definition) is 5. The van der Waals surface area contributed by atoms with Crippen LogP contribution in [0.3, 0.4) is 0 Å². The number of nitro benzene ring substituents is 1. The molecule has 1 aromatic carbocycles. The van der Waals surface area contributed by atoms with Gasteiger partial charge in [0.25, 0.3) is 5.69 Å². The van der Waals surface area contributed by atoms with Crippen LogP contribution in [0.15, 0.2) is 24.3 Å². The highest BCUT2D eigenvalue weighted by Gasteiger charge is 2.74. The maximum absolute atomic E-state index is 12.5. The second kappa shape index (κ2) is 5.04. The number of nitro groups is 1. The molecular weight excluding hydrogens is 322 g/mol. The van der Waals surface area contributed by atoms with Gasteiger partial charge in [0, 0.05) is 17.5 Å². The molecule has 5 atom stereocenters. The number of benzene rings is 1. The van der Waals surface area contributed by atoms with Crippen LogP contribution in [0.1, 0.15) is 55.3 Å². The van der Waals surface area contributed by atoms with Gasteiger partial charge in [-0.05, 0) is 49.7 Å². The Bertz CT molecular complexity index is 747. The molecule has 0 N–H and O–H groups in total. The maximum Gasteiger partial charge on any atom is 0.338 e. The van der Waals surface area contributed by atoms with Crippen LogP contribution in [0.2, 0.25) is 0 Å². The van der Waals surface area contributed by atoms with Gasteiger partial charge in [-0.3, -0.25) is 10.1 Å². The fourth-order valence-corrected chi connectivity index (χ4v) is 6.06. The van der Waals surface area contributed by atoms with Crippen LogP contribution < -0.4 is 0 Å². The van der Waals surface area contributed by atoms with Gasteiger partial charge in [-0.25, -0.2) is 4.79 Å². The van der Waals surface area contributed by atoms with Gasteiger partial charge in [-0.2, -0.15) is 0 Å². The van der Waals surface area contributed by atoms with Crippen molar-refractivity contribution in [3.05, 3.63) is 39.9 Å². The van der Waals surface area contributed by atoms with Gasteiger partial charge in [0.2, 0.25) is 0 Å². The third-order valence-corrected chi connectivity index (χ3v) is 7.26. The molecule has 6 heteroatoms. The summed E-state index contributed by atoms with van der Waals surface area (Å²) in [5, 5.41) is 10.7. The van der Waals surface area contributed by atoms with E-state index in [-0.39, 0.29) is 17.9 Å². The zero-order chi connectivity index (χ0) is 17.2. The summed E-state index contributed by atoms with van der Waals surface area (Å²) in [6, 6.07) is 5.60. The second-order valence-corrected chi connectivity index (χ2v) is 8.17. The van der Waals surface area contributed by atoms with Crippen LogP contribution in [0.4, 0.5) is 5.69 Å². The number of hydrogen-bond donors (Lipinski definition) is 0. The molecule has 0 unspecified atom stereocenters. The first-order valence-electron chi connectivity index (χ1n) is 9.14. The minimum atomic E-state index is -0.475. The van der Waals surface area contributed by atoms with E-state index in [4.69, 9.17) is 9.47 Å². The van der Waals surface area contributed by atoms with Crippen molar-refractivity contribution < 1.29 is 19.2 Å². The fraction of sp³-hybridized carbons (Fsp3) is 0.632. The van der Waals surface area contributed by atoms with E-state index >= 15 is 0 Å². The van der Waals surface area contributed by atoms with Crippen molar-refractivity contribution in [3.63, 3.8) is 0 Å². The number of esters is 1. The topological polar surface area (TPSA) is 78.7 Å². The normalized spacial score (nSPS) is 40.7. The first-order chi connectivity index (χ1) is 12.0. The summed E-state index contributed by atoms with van der Waals surface area (Å²) in [5.41, 5.74) is 0.990. The van der Waals surface area contributed by atoms with E-state index < -0.39 is 10.9 Å². The van der Waals surface area contributed by atoms with Crippen LogP contribution in [0.25, 0.3) is 0 Å². The molecule has 1 heterocycles. The summed E-state index contributed by atoms with van der Waals surface area (Å²) in [6.07, 6.45) is 8.28. The van der Waals surface area contributed by atoms with E-state index in [9.17, 15) is 14.9 Å². The van der Waals surface area contributed by atoms with Crippen molar-refractivity contribution in [1.29, 1.82) is 0 Å². The Morgan fingerprint density at radius 3 is 2.68 bits per heavy atom. The summed E-state index contributed by atoms with van der Waals surface area (Å²) >= 11 is 0. The molecule has 3 saturated carbocycles. The Balaban J connectivity index is 1.33. The molecule has 0 amide bonds. The predicted octanol–water partition coefficient (Wildman–Crippen LogP) is 3.63. The summed E-state index contributed by atoms with van der Waals surface area (Å²) < 4.78 is 12.1. The molecule has 1 aliphatic heterocycles. The van der Waals surface area contributed by atoms with Gasteiger partial charge in [0.1, 0.15) is 6.10 Å². The summed E-state index contributed by atoms with van der Waals surface area (Å²) in [5.74, 6) is -0.410. The lowest BCUT2D eigenvalue weighted by Crippen LogP contribution is -2.63. The molecule has 2 bridgehead atoms. The Morgan fingerprint density at radius 2 is 1.92 bits per heavy atom. The zero-order valence-corrected chi connectivity index (χ0v) is 14.0. The zero-order valence-electron chi connectivity index (χ0n) is 14.0. The second-order valence-electron chi connectivity index (χ2n) is 8.17. The number of fused-ring (bicyclic) bond motifs is 1. The highest BCUT2D eigenvalue weighted by molar-refractivity contribution is 5.89. The Labute approximate surface area is 145 Å². The van der Waals surface area contributed by atoms with E-state index in [1.807, 2.05) is 0 Å². The molecule has 1 aromatic rings. The van der Waals surface area contributed by atoms with Crippen molar-refractivity contribution in [2.24, 2.45) is 10.8 Å². The fourth-order valence-electron chi connectivity index (χ4n) is 6.06. The molecule has 132 valence electrons. The van der Waals surface area contributed by atoms with Gasteiger partial charge in [-0.15, -0.1) is 0 Å². The third-order valence-electron chi connectivity index (χ3n) is 7.26. The van der Waals surface area contributed by atoms with Crippen LogP contribution in [0, 0.1) is 20.9 Å². The molecule has 5 rings (SSSR count). The molecule has 0 radical (unpaired) electrons. The molecule has 4 fully saturated rings. The molecule has 3 aliphatic carbocycles. The van der Waals surface area contributed by atoms with Crippen LogP contribution in [-0.4, -0.2) is 29.2 Å². The lowest BCUT2D eigenvalue weighted by atomic mass is 9.39. The number of carbonyl (C=O) groups excluding carboxylic acids is 1. The minimum absolute atomic E-state index is 0.0146. The van der Waals surface area contributed by atoms with Gasteiger partial charge >= 0.3 is 5.97 Å². The maximum atomic E-state index is 12.5. The molecule has 0 aromatic heterocycles. The lowest BCUT2D eigenvalue weighted by Gasteiger charge is -2.65. The van der Waals surface area contributed by atoms with E-state index in [0.717, 1.165) is 19.3 Å². The highest BCUT2D eigenvalue weighted by Crippen LogP contribution is 2.75. The number of nitrogens with zero attached hydrogens (tertiary/aromatic N) is 1. The van der Waals surface area contributed by atoms with Gasteiger partial charge < -0.3 is 9.47 Å². The molecule has 4 aliphatic rings. The third kappa shape index (κ3) is 1.97. The van der Waals surface area contributed by atoms with E-state index in [1.54, 1.807) is 0 Å². The van der Waals surface area contributed by atoms with Crippen molar-refractivity contribution in [1.82, 2.24) is 0 Å². The lowest BCUT2D eigenvalue weighted by molar-refractivity contribution is -0.384. The number of rotatable bonds is 3. The Kier molecular flexibility index (Phi) is 3.08. The predicted molar refractivity (Wildman–Crippen MR) is 88.1 cm³/mol. The number of carbonyl (C=O) groups is 1. The van der Waals surface area contributed by atoms with E-state index in [2.05, 4.69) is 0 Å². The van der Waals surface area contributed by atoms with E-state index in [1.165, 1.54) is 49.9 Å². The molecule has 25 heavy (non-hydrogen) atoms. The SMILES string of the molecule is O=C(O[C@@H]1C[C@]23CCCC[C@@]24C[C@@H]1O[C@@H]4C3)c1ccc([N+](=O)[O-])cc1. The minimum Gasteiger partial charge on any atom is -0.456 e. The van der Waals surface area contributed by atoms with Gasteiger partial charge in [0.05, 0.1) is 22.7 Å². The molecule has 1 spiro atoms. The van der Waals surface area contributed by atoms with Crippen molar-refractivity contribution in [2.45, 2.75) is 63.3 Å². The average Bonchev–Trinajstić information content (AvgIpc) is 2.75. The van der Waals surface area contributed by atoms with Crippen LogP contribution >= 0.6 is 0 Å². The molecule has 1 saturated heterocycles. The summed E-state index contributed by atoms with van der Waals surface area (Å²) in [6.45, 7) is 0. The highest BCUT2D eigenvalue weighted by atomic mass is 16.6. The number of non-ortho nitro benzene ring substituents is 1. The summed E-state index contributed by atoms with van der Waals surface area (Å²) in [7, 11) is 0. The van der Waals surface area contributed by atoms with Crippen molar-refractivity contribution >= 4 is 11.7 Å². The summed E-state index contributed by atoms with van der Waals surface area (Å²) in [4.78, 5) is 22.8. The standard InChI is InChI=1S/C19H21NO5/c21-17(12-3-5-13(6-4-12)20(22)23)25-14-9-18-7-1-2-8-19(18)10-15(14)24-16(19)11-18/h3-6,14-16H,1-2,7-11H2/t14-,15+,16-,18+,19+/m1/s1. The van der Waals surface area contributed by atoms with Crippen molar-refractivity contribution in [3.8, 4) is 0 Å². The Hall–Kier alpha value is -1.95. The number of ether oxygens (including phenoxy) is 2.